The summed E-state index contributed by atoms with van der Waals surface area (Å²) in [6, 6.07) is 0. The quantitative estimate of drug-likeness (QED) is 0.809. The molecule has 1 saturated heterocycles. The highest BCUT2D eigenvalue weighted by atomic mass is 32.1. The van der Waals surface area contributed by atoms with Gasteiger partial charge in [-0.05, 0) is 25.2 Å². The Labute approximate surface area is 101 Å². The van der Waals surface area contributed by atoms with Crippen LogP contribution in [0.15, 0.2) is 5.38 Å². The summed E-state index contributed by atoms with van der Waals surface area (Å²) in [6.45, 7) is 5.32. The van der Waals surface area contributed by atoms with Crippen LogP contribution in [0.25, 0.3) is 0 Å². The Morgan fingerprint density at radius 3 is 2.81 bits per heavy atom. The van der Waals surface area contributed by atoms with E-state index in [4.69, 9.17) is 4.74 Å². The summed E-state index contributed by atoms with van der Waals surface area (Å²) in [4.78, 5) is 7.05. The molecule has 0 aromatic carbocycles. The van der Waals surface area contributed by atoms with Gasteiger partial charge in [-0.15, -0.1) is 11.3 Å². The fourth-order valence-corrected chi connectivity index (χ4v) is 3.09. The molecule has 0 N–H and O–H groups in total. The van der Waals surface area contributed by atoms with Crippen LogP contribution >= 0.6 is 11.3 Å². The molecule has 0 unspecified atom stereocenters. The van der Waals surface area contributed by atoms with Gasteiger partial charge in [-0.1, -0.05) is 6.92 Å². The lowest BCUT2D eigenvalue weighted by atomic mass is 9.98. The average Bonchev–Trinajstić information content (AvgIpc) is 2.79. The highest BCUT2D eigenvalue weighted by molar-refractivity contribution is 7.13. The van der Waals surface area contributed by atoms with Gasteiger partial charge >= 0.3 is 0 Å². The molecule has 4 heteroatoms. The SMILES string of the molecule is CCc1csc(N2CCC(COC)CC2)n1. The maximum atomic E-state index is 5.21. The molecular weight excluding hydrogens is 220 g/mol. The molecule has 1 aromatic rings. The van der Waals surface area contributed by atoms with Crippen molar-refractivity contribution in [1.29, 1.82) is 0 Å². The normalized spacial score (nSPS) is 18.0. The van der Waals surface area contributed by atoms with E-state index in [-0.39, 0.29) is 0 Å². The lowest BCUT2D eigenvalue weighted by molar-refractivity contribution is 0.139. The highest BCUT2D eigenvalue weighted by Crippen LogP contribution is 2.26. The van der Waals surface area contributed by atoms with Gasteiger partial charge in [-0.25, -0.2) is 4.98 Å². The lowest BCUT2D eigenvalue weighted by Crippen LogP contribution is -2.34. The maximum Gasteiger partial charge on any atom is 0.185 e. The summed E-state index contributed by atoms with van der Waals surface area (Å²) in [5, 5.41) is 3.38. The molecule has 0 atom stereocenters. The van der Waals surface area contributed by atoms with Crippen molar-refractivity contribution in [2.45, 2.75) is 26.2 Å². The topological polar surface area (TPSA) is 25.4 Å². The molecule has 1 aliphatic heterocycles. The van der Waals surface area contributed by atoms with Crippen molar-refractivity contribution in [3.8, 4) is 0 Å². The largest absolute Gasteiger partial charge is 0.384 e. The summed E-state index contributed by atoms with van der Waals surface area (Å²) in [6.07, 6.45) is 3.50. The number of methoxy groups -OCH3 is 1. The molecule has 1 aromatic heterocycles. The zero-order chi connectivity index (χ0) is 11.4. The third-order valence-corrected chi connectivity index (χ3v) is 4.14. The highest BCUT2D eigenvalue weighted by Gasteiger charge is 2.20. The zero-order valence-electron chi connectivity index (χ0n) is 10.1. The molecule has 1 aliphatic rings. The van der Waals surface area contributed by atoms with Gasteiger partial charge in [0.1, 0.15) is 0 Å². The number of anilines is 1. The first kappa shape index (κ1) is 11.9. The van der Waals surface area contributed by atoms with E-state index < -0.39 is 0 Å². The molecular formula is C12H20N2OS. The Morgan fingerprint density at radius 2 is 2.25 bits per heavy atom. The summed E-state index contributed by atoms with van der Waals surface area (Å²) in [5.74, 6) is 0.742. The number of aromatic nitrogens is 1. The monoisotopic (exact) mass is 240 g/mol. The number of aryl methyl sites for hydroxylation is 1. The molecule has 1 fully saturated rings. The molecule has 0 aliphatic carbocycles. The van der Waals surface area contributed by atoms with E-state index in [1.807, 2.05) is 0 Å². The standard InChI is InChI=1S/C12H20N2OS/c1-3-11-9-16-12(13-11)14-6-4-10(5-7-14)8-15-2/h9-10H,3-8H2,1-2H3. The smallest absolute Gasteiger partial charge is 0.185 e. The molecule has 2 heterocycles. The summed E-state index contributed by atoms with van der Waals surface area (Å²) < 4.78 is 5.21. The van der Waals surface area contributed by atoms with Gasteiger partial charge in [0, 0.05) is 32.2 Å². The summed E-state index contributed by atoms with van der Waals surface area (Å²) in [5.41, 5.74) is 1.22. The number of thiazole rings is 1. The lowest BCUT2D eigenvalue weighted by Gasteiger charge is -2.31. The predicted molar refractivity (Wildman–Crippen MR) is 68.3 cm³/mol. The molecule has 16 heavy (non-hydrogen) atoms. The molecule has 0 spiro atoms. The van der Waals surface area contributed by atoms with Gasteiger partial charge in [0.15, 0.2) is 5.13 Å². The van der Waals surface area contributed by atoms with Crippen LogP contribution in [0.4, 0.5) is 5.13 Å². The third-order valence-electron chi connectivity index (χ3n) is 3.19. The van der Waals surface area contributed by atoms with Crippen LogP contribution < -0.4 is 4.90 Å². The van der Waals surface area contributed by atoms with E-state index in [1.54, 1.807) is 18.4 Å². The Balaban J connectivity index is 1.88. The maximum absolute atomic E-state index is 5.21. The molecule has 0 bridgehead atoms. The number of ether oxygens (including phenoxy) is 1. The molecule has 2 rings (SSSR count). The fourth-order valence-electron chi connectivity index (χ4n) is 2.13. The van der Waals surface area contributed by atoms with Crippen molar-refractivity contribution in [3.05, 3.63) is 11.1 Å². The van der Waals surface area contributed by atoms with E-state index in [9.17, 15) is 0 Å². The molecule has 0 amide bonds. The van der Waals surface area contributed by atoms with Crippen molar-refractivity contribution >= 4 is 16.5 Å². The van der Waals surface area contributed by atoms with Crippen LogP contribution in [0.5, 0.6) is 0 Å². The second kappa shape index (κ2) is 5.64. The van der Waals surface area contributed by atoms with Gasteiger partial charge < -0.3 is 9.64 Å². The number of hydrogen-bond acceptors (Lipinski definition) is 4. The van der Waals surface area contributed by atoms with E-state index in [1.165, 1.54) is 23.7 Å². The van der Waals surface area contributed by atoms with E-state index in [0.29, 0.717) is 0 Å². The first-order valence-electron chi connectivity index (χ1n) is 6.01. The van der Waals surface area contributed by atoms with Crippen LogP contribution in [0.3, 0.4) is 0 Å². The van der Waals surface area contributed by atoms with Gasteiger partial charge in [-0.3, -0.25) is 0 Å². The van der Waals surface area contributed by atoms with Crippen LogP contribution in [-0.2, 0) is 11.2 Å². The van der Waals surface area contributed by atoms with Crippen molar-refractivity contribution in [3.63, 3.8) is 0 Å². The number of nitrogens with zero attached hydrogens (tertiary/aromatic N) is 2. The number of rotatable bonds is 4. The Bertz CT molecular complexity index is 319. The summed E-state index contributed by atoms with van der Waals surface area (Å²) >= 11 is 1.78. The van der Waals surface area contributed by atoms with Crippen LogP contribution in [0.1, 0.15) is 25.5 Å². The van der Waals surface area contributed by atoms with Crippen LogP contribution in [0, 0.1) is 5.92 Å². The molecule has 90 valence electrons. The first-order chi connectivity index (χ1) is 7.83. The summed E-state index contributed by atoms with van der Waals surface area (Å²) in [7, 11) is 1.79. The molecule has 0 radical (unpaired) electrons. The van der Waals surface area contributed by atoms with Gasteiger partial charge in [0.05, 0.1) is 5.69 Å². The number of piperidine rings is 1. The third kappa shape index (κ3) is 2.74. The molecule has 3 nitrogen and oxygen atoms in total. The van der Waals surface area contributed by atoms with Crippen LogP contribution in [0.2, 0.25) is 0 Å². The minimum Gasteiger partial charge on any atom is -0.384 e. The minimum atomic E-state index is 0.742. The van der Waals surface area contributed by atoms with Crippen LogP contribution in [-0.4, -0.2) is 31.8 Å². The second-order valence-electron chi connectivity index (χ2n) is 4.36. The fraction of sp³-hybridized carbons (Fsp3) is 0.750. The van der Waals surface area contributed by atoms with E-state index >= 15 is 0 Å². The zero-order valence-corrected chi connectivity index (χ0v) is 10.9. The van der Waals surface area contributed by atoms with E-state index in [2.05, 4.69) is 22.2 Å². The van der Waals surface area contributed by atoms with Crippen molar-refractivity contribution < 1.29 is 4.74 Å². The molecule has 0 saturated carbocycles. The van der Waals surface area contributed by atoms with Crippen molar-refractivity contribution in [1.82, 2.24) is 4.98 Å². The first-order valence-corrected chi connectivity index (χ1v) is 6.89. The second-order valence-corrected chi connectivity index (χ2v) is 5.20. The Kier molecular flexibility index (Phi) is 4.18. The van der Waals surface area contributed by atoms with Crippen molar-refractivity contribution in [2.24, 2.45) is 5.92 Å². The Hall–Kier alpha value is -0.610. The van der Waals surface area contributed by atoms with Gasteiger partial charge in [0.2, 0.25) is 0 Å². The average molecular weight is 240 g/mol. The van der Waals surface area contributed by atoms with Crippen molar-refractivity contribution in [2.75, 3.05) is 31.7 Å². The number of hydrogen-bond donors (Lipinski definition) is 0. The predicted octanol–water partition coefficient (Wildman–Crippen LogP) is 2.57. The van der Waals surface area contributed by atoms with Gasteiger partial charge in [-0.2, -0.15) is 0 Å². The minimum absolute atomic E-state index is 0.742. The van der Waals surface area contributed by atoms with Gasteiger partial charge in [0.25, 0.3) is 0 Å². The Morgan fingerprint density at radius 1 is 1.50 bits per heavy atom. The van der Waals surface area contributed by atoms with E-state index in [0.717, 1.165) is 32.0 Å².